The van der Waals surface area contributed by atoms with Crippen molar-refractivity contribution >= 4 is 48.7 Å². The van der Waals surface area contributed by atoms with E-state index in [1.165, 1.54) is 34.1 Å². The number of benzene rings is 3. The molecule has 8 N–H and O–H groups in total. The Bertz CT molecular complexity index is 1790. The van der Waals surface area contributed by atoms with Crippen LogP contribution >= 0.6 is 24.8 Å². The Morgan fingerprint density at radius 2 is 0.875 bits per heavy atom. The van der Waals surface area contributed by atoms with E-state index in [-0.39, 0.29) is 100 Å². The molecule has 2 unspecified atom stereocenters. The first-order valence-corrected chi connectivity index (χ1v) is 17.7. The van der Waals surface area contributed by atoms with Crippen LogP contribution in [0, 0.1) is 24.7 Å². The summed E-state index contributed by atoms with van der Waals surface area (Å²) in [5.74, 6) is 2.80. The third-order valence-electron chi connectivity index (χ3n) is 9.85. The number of rotatable bonds is 10. The Kier molecular flexibility index (Phi) is 16.1. The maximum absolute atomic E-state index is 13.7. The van der Waals surface area contributed by atoms with Gasteiger partial charge in [-0.05, 0) is 28.3 Å². The zero-order chi connectivity index (χ0) is 38.9. The number of piperazine rings is 2. The molecule has 3 aromatic rings. The van der Waals surface area contributed by atoms with Gasteiger partial charge in [0.1, 0.15) is 0 Å². The molecule has 0 aliphatic carbocycles. The minimum absolute atomic E-state index is 0. The molecule has 56 heavy (non-hydrogen) atoms. The molecule has 5 rings (SSSR count). The van der Waals surface area contributed by atoms with Gasteiger partial charge in [0, 0.05) is 89.7 Å². The summed E-state index contributed by atoms with van der Waals surface area (Å²) in [6.07, 6.45) is 11.5. The molecule has 16 heteroatoms. The van der Waals surface area contributed by atoms with Gasteiger partial charge < -0.3 is 51.9 Å². The monoisotopic (exact) mass is 806 g/mol. The summed E-state index contributed by atoms with van der Waals surface area (Å²) >= 11 is 0. The number of carbonyl (C=O) groups excluding carboxylic acids is 4. The van der Waals surface area contributed by atoms with E-state index >= 15 is 0 Å². The van der Waals surface area contributed by atoms with Crippen molar-refractivity contribution in [3.8, 4) is 24.7 Å². The van der Waals surface area contributed by atoms with Crippen LogP contribution in [0.15, 0.2) is 72.8 Å². The third-order valence-corrected chi connectivity index (χ3v) is 9.85. The van der Waals surface area contributed by atoms with Crippen LogP contribution in [0.1, 0.15) is 33.4 Å². The van der Waals surface area contributed by atoms with Gasteiger partial charge in [-0.2, -0.15) is 0 Å². The average Bonchev–Trinajstić information content (AvgIpc) is 3.24. The van der Waals surface area contributed by atoms with Crippen molar-refractivity contribution in [2.24, 2.45) is 11.5 Å². The molecule has 2 saturated heterocycles. The molecule has 0 radical (unpaired) electrons. The molecule has 0 aromatic heterocycles. The van der Waals surface area contributed by atoms with Gasteiger partial charge >= 0.3 is 12.1 Å². The maximum Gasteiger partial charge on any atom is 0.317 e. The van der Waals surface area contributed by atoms with Gasteiger partial charge in [-0.1, -0.05) is 78.6 Å². The molecule has 2 atom stereocenters. The molecule has 6 amide bonds. The lowest BCUT2D eigenvalue weighted by atomic mass is 9.86. The van der Waals surface area contributed by atoms with Gasteiger partial charge in [-0.15, -0.1) is 37.7 Å². The first-order chi connectivity index (χ1) is 25.9. The van der Waals surface area contributed by atoms with Crippen molar-refractivity contribution in [1.82, 2.24) is 30.2 Å². The van der Waals surface area contributed by atoms with Crippen LogP contribution in [0.5, 0.6) is 0 Å². The zero-order valence-corrected chi connectivity index (χ0v) is 32.5. The molecule has 298 valence electrons. The molecular formula is C40H48Cl2N8O6. The Hall–Kier alpha value is -5.32. The van der Waals surface area contributed by atoms with E-state index in [4.69, 9.17) is 24.3 Å². The first-order valence-electron chi connectivity index (χ1n) is 17.7. The average molecular weight is 808 g/mol. The second-order valence-electron chi connectivity index (χ2n) is 13.2. The van der Waals surface area contributed by atoms with Gasteiger partial charge in [0.05, 0.1) is 0 Å². The van der Waals surface area contributed by atoms with E-state index in [9.17, 15) is 29.4 Å². The van der Waals surface area contributed by atoms with Crippen molar-refractivity contribution in [3.05, 3.63) is 106 Å². The predicted octanol–water partition coefficient (Wildman–Crippen LogP) is 1.20. The summed E-state index contributed by atoms with van der Waals surface area (Å²) in [4.78, 5) is 59.0. The fraction of sp³-hybridized carbons (Fsp3) is 0.350. The standard InChI is InChI=1S/C40H46N8O6.2ClH/c1-3-39(53,35(49)45-16-20-47(21-17-45)37(51)43-27-31-12-8-29(25-41)9-13-31)33-6-5-7-34(24-33)40(54,4-2)36(50)46-18-22-48(23-19-46)38(52)44-28-32-14-10-30(26-42)11-15-32;;/h1-2,5-15,24,53-54H,16-23,25-28,41-42H2,(H,43,51)(H,44,52);2*1H. The molecule has 2 aliphatic rings. The van der Waals surface area contributed by atoms with Crippen molar-refractivity contribution in [3.63, 3.8) is 0 Å². The smallest absolute Gasteiger partial charge is 0.317 e. The lowest BCUT2D eigenvalue weighted by Crippen LogP contribution is -2.57. The Labute approximate surface area is 339 Å². The molecule has 0 spiro atoms. The Balaban J connectivity index is 0.00000420. The number of nitrogens with zero attached hydrogens (tertiary/aromatic N) is 4. The molecule has 2 aliphatic heterocycles. The summed E-state index contributed by atoms with van der Waals surface area (Å²) in [5, 5.41) is 28.9. The van der Waals surface area contributed by atoms with E-state index in [0.717, 1.165) is 22.3 Å². The van der Waals surface area contributed by atoms with Crippen LogP contribution in [0.2, 0.25) is 0 Å². The molecule has 14 nitrogen and oxygen atoms in total. The summed E-state index contributed by atoms with van der Waals surface area (Å²) in [6, 6.07) is 20.1. The summed E-state index contributed by atoms with van der Waals surface area (Å²) in [5.41, 5.74) is 10.1. The van der Waals surface area contributed by atoms with E-state index in [1.807, 2.05) is 48.5 Å². The fourth-order valence-corrected chi connectivity index (χ4v) is 6.35. The highest BCUT2D eigenvalue weighted by Gasteiger charge is 2.44. The quantitative estimate of drug-likeness (QED) is 0.164. The summed E-state index contributed by atoms with van der Waals surface area (Å²) < 4.78 is 0. The van der Waals surface area contributed by atoms with Gasteiger partial charge in [-0.3, -0.25) is 9.59 Å². The zero-order valence-electron chi connectivity index (χ0n) is 30.9. The predicted molar refractivity (Wildman–Crippen MR) is 216 cm³/mol. The van der Waals surface area contributed by atoms with Crippen molar-refractivity contribution in [1.29, 1.82) is 0 Å². The van der Waals surface area contributed by atoms with E-state index in [2.05, 4.69) is 22.5 Å². The van der Waals surface area contributed by atoms with E-state index in [1.54, 1.807) is 9.80 Å². The van der Waals surface area contributed by atoms with E-state index in [0.29, 0.717) is 26.2 Å². The van der Waals surface area contributed by atoms with Gasteiger partial charge in [0.15, 0.2) is 0 Å². The first kappa shape index (κ1) is 45.1. The summed E-state index contributed by atoms with van der Waals surface area (Å²) in [6.45, 7) is 2.75. The van der Waals surface area contributed by atoms with Gasteiger partial charge in [0.2, 0.25) is 11.2 Å². The highest BCUT2D eigenvalue weighted by molar-refractivity contribution is 5.92. The third kappa shape index (κ3) is 10.1. The maximum atomic E-state index is 13.7. The van der Waals surface area contributed by atoms with Crippen LogP contribution in [-0.2, 0) is 47.0 Å². The summed E-state index contributed by atoms with van der Waals surface area (Å²) in [7, 11) is 0. The van der Waals surface area contributed by atoms with Gasteiger partial charge in [-0.25, -0.2) is 9.59 Å². The van der Waals surface area contributed by atoms with Crippen LogP contribution < -0.4 is 22.1 Å². The van der Waals surface area contributed by atoms with Crippen molar-refractivity contribution < 1.29 is 29.4 Å². The van der Waals surface area contributed by atoms with Crippen molar-refractivity contribution in [2.45, 2.75) is 37.4 Å². The number of carbonyl (C=O) groups is 4. The van der Waals surface area contributed by atoms with Crippen molar-refractivity contribution in [2.75, 3.05) is 52.4 Å². The molecule has 2 fully saturated rings. The number of amides is 6. The minimum Gasteiger partial charge on any atom is -0.366 e. The Morgan fingerprint density at radius 1 is 0.571 bits per heavy atom. The fourth-order valence-electron chi connectivity index (χ4n) is 6.35. The number of urea groups is 2. The highest BCUT2D eigenvalue weighted by Crippen LogP contribution is 2.30. The number of nitrogens with one attached hydrogen (secondary N) is 2. The van der Waals surface area contributed by atoms with Crippen LogP contribution in [0.3, 0.4) is 0 Å². The van der Waals surface area contributed by atoms with Crippen LogP contribution in [-0.4, -0.2) is 106 Å². The molecule has 3 aromatic carbocycles. The lowest BCUT2D eigenvalue weighted by Gasteiger charge is -2.38. The second-order valence-corrected chi connectivity index (χ2v) is 13.2. The number of hydrogen-bond acceptors (Lipinski definition) is 8. The van der Waals surface area contributed by atoms with E-state index < -0.39 is 23.0 Å². The highest BCUT2D eigenvalue weighted by atomic mass is 35.5. The second kappa shape index (κ2) is 20.0. The normalized spacial score (nSPS) is 16.0. The minimum atomic E-state index is -2.46. The largest absolute Gasteiger partial charge is 0.366 e. The number of aliphatic hydroxyl groups is 2. The number of halogens is 2. The SMILES string of the molecule is C#CC(O)(C(=O)N1CCN(C(=O)NCc2ccc(CN)cc2)CC1)c1cccc(C(O)(C#C)C(=O)N2CCN(C(=O)NCc3ccc(CN)cc3)CC2)c1.Cl.Cl. The lowest BCUT2D eigenvalue weighted by molar-refractivity contribution is -0.148. The molecular weight excluding hydrogens is 759 g/mol. The Morgan fingerprint density at radius 3 is 1.18 bits per heavy atom. The topological polar surface area (TPSA) is 198 Å². The number of hydrogen-bond donors (Lipinski definition) is 6. The number of nitrogens with two attached hydrogens (primary N) is 2. The van der Waals surface area contributed by atoms with Crippen LogP contribution in [0.25, 0.3) is 0 Å². The number of terminal acetylenes is 2. The molecule has 2 heterocycles. The molecule has 0 bridgehead atoms. The van der Waals surface area contributed by atoms with Crippen LogP contribution in [0.4, 0.5) is 9.59 Å². The molecule has 0 saturated carbocycles. The van der Waals surface area contributed by atoms with Gasteiger partial charge in [0.25, 0.3) is 11.8 Å².